The van der Waals surface area contributed by atoms with Crippen molar-refractivity contribution in [1.82, 2.24) is 5.32 Å². The molecule has 2 atom stereocenters. The zero-order chi connectivity index (χ0) is 9.42. The van der Waals surface area contributed by atoms with Gasteiger partial charge < -0.3 is 10.4 Å². The predicted molar refractivity (Wildman–Crippen MR) is 49.4 cm³/mol. The highest BCUT2D eigenvalue weighted by Crippen LogP contribution is 2.39. The van der Waals surface area contributed by atoms with Gasteiger partial charge in [0, 0.05) is 0 Å². The first-order valence-corrected chi connectivity index (χ1v) is 5.12. The van der Waals surface area contributed by atoms with Crippen LogP contribution in [0.25, 0.3) is 0 Å². The summed E-state index contributed by atoms with van der Waals surface area (Å²) in [5.74, 6) is 0.813. The third kappa shape index (κ3) is 1.57. The minimum atomic E-state index is -0.580. The van der Waals surface area contributed by atoms with Crippen molar-refractivity contribution in [2.45, 2.75) is 19.8 Å². The molecule has 0 aromatic heterocycles. The molecule has 2 unspecified atom stereocenters. The van der Waals surface area contributed by atoms with Crippen molar-refractivity contribution in [1.29, 1.82) is 0 Å². The SMILES string of the molecule is CC1CC2CNCC(C1)C2C(=O)O. The largest absolute Gasteiger partial charge is 0.481 e. The van der Waals surface area contributed by atoms with Gasteiger partial charge in [-0.05, 0) is 43.7 Å². The van der Waals surface area contributed by atoms with Crippen LogP contribution in [0.15, 0.2) is 0 Å². The Hall–Kier alpha value is -0.570. The smallest absolute Gasteiger partial charge is 0.307 e. The van der Waals surface area contributed by atoms with E-state index in [1.807, 2.05) is 0 Å². The zero-order valence-electron chi connectivity index (χ0n) is 7.99. The maximum absolute atomic E-state index is 11.0. The molecule has 2 aliphatic rings. The maximum Gasteiger partial charge on any atom is 0.307 e. The number of carbonyl (C=O) groups is 1. The number of piperidine rings is 1. The monoisotopic (exact) mass is 183 g/mol. The van der Waals surface area contributed by atoms with Crippen molar-refractivity contribution < 1.29 is 9.90 Å². The summed E-state index contributed by atoms with van der Waals surface area (Å²) < 4.78 is 0. The van der Waals surface area contributed by atoms with E-state index in [1.54, 1.807) is 0 Å². The highest BCUT2D eigenvalue weighted by molar-refractivity contribution is 5.71. The molecule has 2 rings (SSSR count). The van der Waals surface area contributed by atoms with Crippen LogP contribution >= 0.6 is 0 Å². The van der Waals surface area contributed by atoms with Gasteiger partial charge in [0.25, 0.3) is 0 Å². The lowest BCUT2D eigenvalue weighted by Crippen LogP contribution is -2.50. The van der Waals surface area contributed by atoms with Crippen LogP contribution in [0.4, 0.5) is 0 Å². The van der Waals surface area contributed by atoms with E-state index in [1.165, 1.54) is 0 Å². The molecule has 2 bridgehead atoms. The molecule has 0 amide bonds. The van der Waals surface area contributed by atoms with E-state index in [4.69, 9.17) is 5.11 Å². The first kappa shape index (κ1) is 9.00. The lowest BCUT2D eigenvalue weighted by atomic mass is 9.66. The van der Waals surface area contributed by atoms with Crippen molar-refractivity contribution >= 4 is 5.97 Å². The van der Waals surface area contributed by atoms with Crippen molar-refractivity contribution in [2.75, 3.05) is 13.1 Å². The summed E-state index contributed by atoms with van der Waals surface area (Å²) in [6.45, 7) is 4.04. The first-order valence-electron chi connectivity index (χ1n) is 5.12. The molecule has 2 N–H and O–H groups in total. The van der Waals surface area contributed by atoms with E-state index in [-0.39, 0.29) is 5.92 Å². The summed E-state index contributed by atoms with van der Waals surface area (Å²) in [6, 6.07) is 0. The number of carboxylic acid groups (broad SMARTS) is 1. The molecular formula is C10H17NO2. The second-order valence-electron chi connectivity index (χ2n) is 4.62. The van der Waals surface area contributed by atoms with Crippen LogP contribution < -0.4 is 5.32 Å². The Kier molecular flexibility index (Phi) is 2.28. The average Bonchev–Trinajstić information content (AvgIpc) is 2.01. The summed E-state index contributed by atoms with van der Waals surface area (Å²) in [7, 11) is 0. The van der Waals surface area contributed by atoms with E-state index in [2.05, 4.69) is 12.2 Å². The zero-order valence-corrected chi connectivity index (χ0v) is 7.99. The van der Waals surface area contributed by atoms with Gasteiger partial charge in [0.05, 0.1) is 5.92 Å². The van der Waals surface area contributed by atoms with Crippen molar-refractivity contribution in [2.24, 2.45) is 23.7 Å². The fraction of sp³-hybridized carbons (Fsp3) is 0.900. The van der Waals surface area contributed by atoms with E-state index in [0.29, 0.717) is 17.8 Å². The van der Waals surface area contributed by atoms with E-state index in [9.17, 15) is 4.79 Å². The standard InChI is InChI=1S/C10H17NO2/c1-6-2-7-4-11-5-8(3-6)9(7)10(12)13/h6-9,11H,2-5H2,1H3,(H,12,13). The molecule has 0 spiro atoms. The van der Waals surface area contributed by atoms with Gasteiger partial charge in [-0.25, -0.2) is 0 Å². The molecular weight excluding hydrogens is 166 g/mol. The number of fused-ring (bicyclic) bond motifs is 2. The molecule has 1 aliphatic carbocycles. The van der Waals surface area contributed by atoms with Gasteiger partial charge in [0.15, 0.2) is 0 Å². The van der Waals surface area contributed by atoms with Gasteiger partial charge in [0.1, 0.15) is 0 Å². The normalized spacial score (nSPS) is 44.4. The van der Waals surface area contributed by atoms with Gasteiger partial charge >= 0.3 is 5.97 Å². The Balaban J connectivity index is 2.14. The van der Waals surface area contributed by atoms with E-state index >= 15 is 0 Å². The Bertz CT molecular complexity index is 203. The van der Waals surface area contributed by atoms with E-state index < -0.39 is 5.97 Å². The minimum absolute atomic E-state index is 0.0718. The summed E-state index contributed by atoms with van der Waals surface area (Å²) in [6.07, 6.45) is 2.17. The van der Waals surface area contributed by atoms with Gasteiger partial charge in [-0.1, -0.05) is 6.92 Å². The van der Waals surface area contributed by atoms with Crippen LogP contribution in [0.3, 0.4) is 0 Å². The Morgan fingerprint density at radius 3 is 2.31 bits per heavy atom. The minimum Gasteiger partial charge on any atom is -0.481 e. The summed E-state index contributed by atoms with van der Waals surface area (Å²) in [5, 5.41) is 12.4. The van der Waals surface area contributed by atoms with Crippen LogP contribution in [0.2, 0.25) is 0 Å². The number of carboxylic acids is 1. The van der Waals surface area contributed by atoms with Crippen molar-refractivity contribution in [3.05, 3.63) is 0 Å². The second-order valence-corrected chi connectivity index (χ2v) is 4.62. The molecule has 0 radical (unpaired) electrons. The molecule has 74 valence electrons. The van der Waals surface area contributed by atoms with Crippen LogP contribution in [0, 0.1) is 23.7 Å². The molecule has 0 aromatic carbocycles. The molecule has 1 saturated carbocycles. The van der Waals surface area contributed by atoms with Gasteiger partial charge in [-0.2, -0.15) is 0 Å². The van der Waals surface area contributed by atoms with Gasteiger partial charge in [-0.3, -0.25) is 4.79 Å². The number of aliphatic carboxylic acids is 1. The van der Waals surface area contributed by atoms with Gasteiger partial charge in [0.2, 0.25) is 0 Å². The Labute approximate surface area is 78.5 Å². The average molecular weight is 183 g/mol. The van der Waals surface area contributed by atoms with Crippen LogP contribution in [0.1, 0.15) is 19.8 Å². The predicted octanol–water partition coefficient (Wildman–Crippen LogP) is 0.953. The van der Waals surface area contributed by atoms with Crippen molar-refractivity contribution in [3.8, 4) is 0 Å². The topological polar surface area (TPSA) is 49.3 Å². The van der Waals surface area contributed by atoms with Crippen LogP contribution in [0.5, 0.6) is 0 Å². The van der Waals surface area contributed by atoms with E-state index in [0.717, 1.165) is 25.9 Å². The molecule has 0 aromatic rings. The quantitative estimate of drug-likeness (QED) is 0.636. The van der Waals surface area contributed by atoms with Crippen LogP contribution in [-0.2, 0) is 4.79 Å². The lowest BCUT2D eigenvalue weighted by Gasteiger charge is -2.43. The highest BCUT2D eigenvalue weighted by atomic mass is 16.4. The summed E-state index contributed by atoms with van der Waals surface area (Å²) in [4.78, 5) is 11.0. The number of nitrogens with one attached hydrogen (secondary N) is 1. The molecule has 13 heavy (non-hydrogen) atoms. The molecule has 2 fully saturated rings. The summed E-state index contributed by atoms with van der Waals surface area (Å²) in [5.41, 5.74) is 0. The molecule has 3 nitrogen and oxygen atoms in total. The van der Waals surface area contributed by atoms with Gasteiger partial charge in [-0.15, -0.1) is 0 Å². The third-order valence-corrected chi connectivity index (χ3v) is 3.52. The second kappa shape index (κ2) is 3.29. The fourth-order valence-electron chi connectivity index (χ4n) is 3.09. The van der Waals surface area contributed by atoms with Crippen molar-refractivity contribution in [3.63, 3.8) is 0 Å². The maximum atomic E-state index is 11.0. The molecule has 3 heteroatoms. The summed E-state index contributed by atoms with van der Waals surface area (Å²) >= 11 is 0. The lowest BCUT2D eigenvalue weighted by molar-refractivity contribution is -0.149. The fourth-order valence-corrected chi connectivity index (χ4v) is 3.09. The number of hydrogen-bond donors (Lipinski definition) is 2. The Morgan fingerprint density at radius 2 is 1.85 bits per heavy atom. The number of hydrogen-bond acceptors (Lipinski definition) is 2. The first-order chi connectivity index (χ1) is 6.18. The van der Waals surface area contributed by atoms with Crippen LogP contribution in [-0.4, -0.2) is 24.2 Å². The highest BCUT2D eigenvalue weighted by Gasteiger charge is 2.42. The Morgan fingerprint density at radius 1 is 1.31 bits per heavy atom. The molecule has 1 heterocycles. The molecule has 1 aliphatic heterocycles. The molecule has 1 saturated heterocycles. The third-order valence-electron chi connectivity index (χ3n) is 3.52. The number of rotatable bonds is 1.